The van der Waals surface area contributed by atoms with E-state index in [-0.39, 0.29) is 12.5 Å². The highest BCUT2D eigenvalue weighted by molar-refractivity contribution is 5.93. The largest absolute Gasteiger partial charge is 0.497 e. The molecule has 0 heterocycles. The second-order valence-electron chi connectivity index (χ2n) is 5.41. The molecule has 3 aromatic carbocycles. The first-order valence-corrected chi connectivity index (χ1v) is 7.83. The van der Waals surface area contributed by atoms with E-state index < -0.39 is 0 Å². The summed E-state index contributed by atoms with van der Waals surface area (Å²) in [6.07, 6.45) is 0. The smallest absolute Gasteiger partial charge is 0.262 e. The quantitative estimate of drug-likeness (QED) is 0.742. The van der Waals surface area contributed by atoms with E-state index in [1.807, 2.05) is 42.5 Å². The summed E-state index contributed by atoms with van der Waals surface area (Å²) < 4.78 is 16.0. The van der Waals surface area contributed by atoms with Gasteiger partial charge in [-0.15, -0.1) is 0 Å². The van der Waals surface area contributed by atoms with Crippen LogP contribution in [0.25, 0.3) is 10.8 Å². The van der Waals surface area contributed by atoms with Crippen molar-refractivity contribution in [2.45, 2.75) is 0 Å². The van der Waals surface area contributed by atoms with Gasteiger partial charge in [-0.25, -0.2) is 0 Å². The first-order chi connectivity index (χ1) is 12.2. The SMILES string of the molecule is COc1ccc(NC(=O)COc2ccc3ccccc3c2)c(OC)c1. The second kappa shape index (κ2) is 7.57. The van der Waals surface area contributed by atoms with Crippen LogP contribution in [-0.2, 0) is 4.79 Å². The van der Waals surface area contributed by atoms with E-state index in [1.165, 1.54) is 7.11 Å². The van der Waals surface area contributed by atoms with Crippen LogP contribution in [0.3, 0.4) is 0 Å². The molecule has 0 aromatic heterocycles. The van der Waals surface area contributed by atoms with Crippen LogP contribution in [0.4, 0.5) is 5.69 Å². The summed E-state index contributed by atoms with van der Waals surface area (Å²) in [5.41, 5.74) is 0.565. The number of hydrogen-bond acceptors (Lipinski definition) is 4. The van der Waals surface area contributed by atoms with Gasteiger partial charge in [0.15, 0.2) is 6.61 Å². The highest BCUT2D eigenvalue weighted by Crippen LogP contribution is 2.29. The molecule has 0 aliphatic heterocycles. The Bertz CT molecular complexity index is 892. The first-order valence-electron chi connectivity index (χ1n) is 7.83. The summed E-state index contributed by atoms with van der Waals surface area (Å²) in [5.74, 6) is 1.56. The molecular weight excluding hydrogens is 318 g/mol. The molecule has 1 amide bonds. The Kier molecular flexibility index (Phi) is 5.04. The van der Waals surface area contributed by atoms with Crippen molar-refractivity contribution in [2.75, 3.05) is 26.1 Å². The minimum atomic E-state index is -0.267. The van der Waals surface area contributed by atoms with Gasteiger partial charge in [-0.1, -0.05) is 30.3 Å². The van der Waals surface area contributed by atoms with Crippen LogP contribution in [0, 0.1) is 0 Å². The van der Waals surface area contributed by atoms with Gasteiger partial charge < -0.3 is 19.5 Å². The average Bonchev–Trinajstić information content (AvgIpc) is 2.66. The minimum Gasteiger partial charge on any atom is -0.497 e. The molecule has 25 heavy (non-hydrogen) atoms. The molecule has 0 fully saturated rings. The lowest BCUT2D eigenvalue weighted by atomic mass is 10.1. The van der Waals surface area contributed by atoms with Gasteiger partial charge in [0.05, 0.1) is 19.9 Å². The van der Waals surface area contributed by atoms with Crippen molar-refractivity contribution in [3.8, 4) is 17.2 Å². The van der Waals surface area contributed by atoms with E-state index in [1.54, 1.807) is 25.3 Å². The zero-order valence-electron chi connectivity index (χ0n) is 14.1. The number of hydrogen-bond donors (Lipinski definition) is 1. The third-order valence-corrected chi connectivity index (χ3v) is 3.77. The van der Waals surface area contributed by atoms with Crippen LogP contribution < -0.4 is 19.5 Å². The fourth-order valence-electron chi connectivity index (χ4n) is 2.49. The minimum absolute atomic E-state index is 0.0898. The van der Waals surface area contributed by atoms with Crippen molar-refractivity contribution in [1.82, 2.24) is 0 Å². The van der Waals surface area contributed by atoms with Gasteiger partial charge >= 0.3 is 0 Å². The van der Waals surface area contributed by atoms with Gasteiger partial charge in [-0.3, -0.25) is 4.79 Å². The molecule has 0 unspecified atom stereocenters. The number of nitrogens with one attached hydrogen (secondary N) is 1. The highest BCUT2D eigenvalue weighted by atomic mass is 16.5. The molecule has 0 aliphatic carbocycles. The average molecular weight is 337 g/mol. The van der Waals surface area contributed by atoms with Crippen molar-refractivity contribution in [1.29, 1.82) is 0 Å². The summed E-state index contributed by atoms with van der Waals surface area (Å²) in [6.45, 7) is -0.0898. The predicted molar refractivity (Wildman–Crippen MR) is 97.6 cm³/mol. The number of carbonyl (C=O) groups is 1. The van der Waals surface area contributed by atoms with Crippen molar-refractivity contribution in [3.63, 3.8) is 0 Å². The van der Waals surface area contributed by atoms with Crippen LogP contribution in [0.1, 0.15) is 0 Å². The van der Waals surface area contributed by atoms with Gasteiger partial charge in [-0.05, 0) is 35.0 Å². The first kappa shape index (κ1) is 16.6. The Morgan fingerprint density at radius 3 is 2.40 bits per heavy atom. The molecular formula is C20H19NO4. The zero-order valence-corrected chi connectivity index (χ0v) is 14.1. The van der Waals surface area contributed by atoms with Gasteiger partial charge in [0.25, 0.3) is 5.91 Å². The van der Waals surface area contributed by atoms with E-state index in [9.17, 15) is 4.79 Å². The molecule has 3 aromatic rings. The number of carbonyl (C=O) groups excluding carboxylic acids is 1. The Morgan fingerprint density at radius 1 is 0.880 bits per heavy atom. The van der Waals surface area contributed by atoms with E-state index in [0.29, 0.717) is 22.9 Å². The summed E-state index contributed by atoms with van der Waals surface area (Å²) in [7, 11) is 3.11. The second-order valence-corrected chi connectivity index (χ2v) is 5.41. The van der Waals surface area contributed by atoms with Gasteiger partial charge in [0.1, 0.15) is 17.2 Å². The normalized spacial score (nSPS) is 10.3. The zero-order chi connectivity index (χ0) is 17.6. The maximum absolute atomic E-state index is 12.1. The Labute approximate surface area is 146 Å². The molecule has 128 valence electrons. The number of benzene rings is 3. The topological polar surface area (TPSA) is 56.8 Å². The molecule has 1 N–H and O–H groups in total. The summed E-state index contributed by atoms with van der Waals surface area (Å²) in [4.78, 5) is 12.1. The van der Waals surface area contributed by atoms with E-state index in [2.05, 4.69) is 5.32 Å². The fraction of sp³-hybridized carbons (Fsp3) is 0.150. The summed E-state index contributed by atoms with van der Waals surface area (Å²) >= 11 is 0. The summed E-state index contributed by atoms with van der Waals surface area (Å²) in [6, 6.07) is 18.9. The number of ether oxygens (including phenoxy) is 3. The molecule has 0 radical (unpaired) electrons. The third kappa shape index (κ3) is 4.01. The monoisotopic (exact) mass is 337 g/mol. The van der Waals surface area contributed by atoms with Crippen LogP contribution in [0.2, 0.25) is 0 Å². The standard InChI is InChI=1S/C20H19NO4/c1-23-16-9-10-18(19(12-16)24-2)21-20(22)13-25-17-8-7-14-5-3-4-6-15(14)11-17/h3-12H,13H2,1-2H3,(H,21,22). The maximum atomic E-state index is 12.1. The van der Waals surface area contributed by atoms with E-state index in [4.69, 9.17) is 14.2 Å². The van der Waals surface area contributed by atoms with E-state index in [0.717, 1.165) is 10.8 Å². The summed E-state index contributed by atoms with van der Waals surface area (Å²) in [5, 5.41) is 4.97. The van der Waals surface area contributed by atoms with E-state index >= 15 is 0 Å². The van der Waals surface area contributed by atoms with Crippen LogP contribution >= 0.6 is 0 Å². The number of amides is 1. The van der Waals surface area contributed by atoms with Gasteiger partial charge in [0.2, 0.25) is 0 Å². The highest BCUT2D eigenvalue weighted by Gasteiger charge is 2.10. The van der Waals surface area contributed by atoms with Crippen molar-refractivity contribution in [3.05, 3.63) is 60.7 Å². The predicted octanol–water partition coefficient (Wildman–Crippen LogP) is 3.87. The maximum Gasteiger partial charge on any atom is 0.262 e. The lowest BCUT2D eigenvalue weighted by Gasteiger charge is -2.12. The number of methoxy groups -OCH3 is 2. The molecule has 0 saturated heterocycles. The molecule has 5 nitrogen and oxygen atoms in total. The molecule has 0 atom stereocenters. The van der Waals surface area contributed by atoms with Crippen molar-refractivity contribution in [2.24, 2.45) is 0 Å². The van der Waals surface area contributed by atoms with Crippen LogP contribution in [0.5, 0.6) is 17.2 Å². The molecule has 0 spiro atoms. The third-order valence-electron chi connectivity index (χ3n) is 3.77. The molecule has 5 heteroatoms. The lowest BCUT2D eigenvalue weighted by molar-refractivity contribution is -0.118. The number of fused-ring (bicyclic) bond motifs is 1. The Hall–Kier alpha value is -3.21. The Balaban J connectivity index is 1.64. The number of rotatable bonds is 6. The molecule has 0 saturated carbocycles. The van der Waals surface area contributed by atoms with Gasteiger partial charge in [0, 0.05) is 6.07 Å². The lowest BCUT2D eigenvalue weighted by Crippen LogP contribution is -2.20. The molecule has 0 aliphatic rings. The van der Waals surface area contributed by atoms with Gasteiger partial charge in [-0.2, -0.15) is 0 Å². The molecule has 0 bridgehead atoms. The number of anilines is 1. The van der Waals surface area contributed by atoms with Crippen LogP contribution in [-0.4, -0.2) is 26.7 Å². The molecule has 3 rings (SSSR count). The Morgan fingerprint density at radius 2 is 1.64 bits per heavy atom. The van der Waals surface area contributed by atoms with Crippen molar-refractivity contribution < 1.29 is 19.0 Å². The van der Waals surface area contributed by atoms with Crippen LogP contribution in [0.15, 0.2) is 60.7 Å². The fourth-order valence-corrected chi connectivity index (χ4v) is 2.49. The van der Waals surface area contributed by atoms with Crippen molar-refractivity contribution >= 4 is 22.4 Å².